The number of rotatable bonds is 8. The van der Waals surface area contributed by atoms with Gasteiger partial charge in [0.25, 0.3) is 11.6 Å². The Bertz CT molecular complexity index is 945. The topological polar surface area (TPSA) is 111 Å². The first kappa shape index (κ1) is 20.6. The number of nitro benzene ring substituents is 1. The molecule has 2 N–H and O–H groups in total. The fourth-order valence-corrected chi connectivity index (χ4v) is 2.83. The zero-order valence-electron chi connectivity index (χ0n) is 15.7. The van der Waals surface area contributed by atoms with E-state index in [9.17, 15) is 19.7 Å². The van der Waals surface area contributed by atoms with Gasteiger partial charge in [0, 0.05) is 23.7 Å². The van der Waals surface area contributed by atoms with Gasteiger partial charge in [-0.15, -0.1) is 0 Å². The number of nitrogens with one attached hydrogen (secondary N) is 2. The van der Waals surface area contributed by atoms with Gasteiger partial charge < -0.3 is 15.4 Å². The molecule has 1 saturated carbocycles. The van der Waals surface area contributed by atoms with Gasteiger partial charge in [0.2, 0.25) is 0 Å². The fraction of sp³-hybridized carbons (Fsp3) is 0.300. The van der Waals surface area contributed by atoms with E-state index in [4.69, 9.17) is 16.3 Å². The molecule has 1 amide bonds. The van der Waals surface area contributed by atoms with Crippen LogP contribution in [0.5, 0.6) is 0 Å². The molecule has 0 saturated heterocycles. The number of carbonyl (C=O) groups excluding carboxylic acids is 2. The van der Waals surface area contributed by atoms with E-state index in [1.165, 1.54) is 19.1 Å². The van der Waals surface area contributed by atoms with Gasteiger partial charge in [-0.1, -0.05) is 29.8 Å². The number of anilines is 1. The summed E-state index contributed by atoms with van der Waals surface area (Å²) in [6.45, 7) is 1.62. The molecule has 0 unspecified atom stereocenters. The molecule has 1 atom stereocenters. The third-order valence-electron chi connectivity index (χ3n) is 4.43. The quantitative estimate of drug-likeness (QED) is 0.385. The van der Waals surface area contributed by atoms with Crippen LogP contribution in [0.25, 0.3) is 0 Å². The highest BCUT2D eigenvalue weighted by Gasteiger charge is 2.26. The predicted octanol–water partition coefficient (Wildman–Crippen LogP) is 3.68. The first-order valence-electron chi connectivity index (χ1n) is 9.12. The molecule has 2 aromatic carbocycles. The third-order valence-corrected chi connectivity index (χ3v) is 4.80. The van der Waals surface area contributed by atoms with Crippen LogP contribution in [0.2, 0.25) is 5.02 Å². The van der Waals surface area contributed by atoms with E-state index >= 15 is 0 Å². The molecule has 152 valence electrons. The standard InChI is InChI=1S/C20H20ClN3O5/c1-12(19(25)22-11-14-4-2-3-5-16(14)21)29-20(26)13-6-9-17(23-15-7-8-15)18(10-13)24(27)28/h2-6,9-10,12,15,23H,7-8,11H2,1H3,(H,22,25)/t12-/m0/s1. The Morgan fingerprint density at radius 2 is 2.00 bits per heavy atom. The molecule has 0 spiro atoms. The van der Waals surface area contributed by atoms with E-state index in [0.717, 1.165) is 24.5 Å². The molecule has 0 heterocycles. The number of hydrogen-bond acceptors (Lipinski definition) is 6. The van der Waals surface area contributed by atoms with Crippen molar-refractivity contribution in [3.8, 4) is 0 Å². The molecule has 0 aromatic heterocycles. The Kier molecular flexibility index (Phi) is 6.33. The molecule has 3 rings (SSSR count). The summed E-state index contributed by atoms with van der Waals surface area (Å²) >= 11 is 6.04. The number of ether oxygens (including phenoxy) is 1. The fourth-order valence-electron chi connectivity index (χ4n) is 2.63. The van der Waals surface area contributed by atoms with E-state index in [1.54, 1.807) is 24.3 Å². The van der Waals surface area contributed by atoms with Gasteiger partial charge in [0.05, 0.1) is 10.5 Å². The van der Waals surface area contributed by atoms with Crippen molar-refractivity contribution in [2.75, 3.05) is 5.32 Å². The minimum Gasteiger partial charge on any atom is -0.449 e. The lowest BCUT2D eigenvalue weighted by atomic mass is 10.1. The van der Waals surface area contributed by atoms with Crippen molar-refractivity contribution >= 4 is 34.9 Å². The van der Waals surface area contributed by atoms with Crippen molar-refractivity contribution in [3.63, 3.8) is 0 Å². The largest absolute Gasteiger partial charge is 0.449 e. The van der Waals surface area contributed by atoms with E-state index < -0.39 is 22.9 Å². The van der Waals surface area contributed by atoms with Gasteiger partial charge in [-0.2, -0.15) is 0 Å². The van der Waals surface area contributed by atoms with Gasteiger partial charge in [-0.3, -0.25) is 14.9 Å². The summed E-state index contributed by atoms with van der Waals surface area (Å²) in [7, 11) is 0. The Labute approximate surface area is 172 Å². The number of benzene rings is 2. The summed E-state index contributed by atoms with van der Waals surface area (Å²) in [5.41, 5.74) is 0.890. The first-order chi connectivity index (χ1) is 13.8. The lowest BCUT2D eigenvalue weighted by molar-refractivity contribution is -0.384. The molecule has 9 heteroatoms. The summed E-state index contributed by atoms with van der Waals surface area (Å²) in [5.74, 6) is -1.31. The minimum absolute atomic E-state index is 0.00352. The Hall–Kier alpha value is -3.13. The number of hydrogen-bond donors (Lipinski definition) is 2. The number of nitro groups is 1. The van der Waals surface area contributed by atoms with E-state index in [-0.39, 0.29) is 23.8 Å². The summed E-state index contributed by atoms with van der Waals surface area (Å²) in [5, 5.41) is 17.5. The van der Waals surface area contributed by atoms with Gasteiger partial charge in [-0.25, -0.2) is 4.79 Å². The van der Waals surface area contributed by atoms with Crippen LogP contribution in [0.4, 0.5) is 11.4 Å². The van der Waals surface area contributed by atoms with Crippen molar-refractivity contribution in [1.29, 1.82) is 0 Å². The molecule has 0 bridgehead atoms. The van der Waals surface area contributed by atoms with Crippen molar-refractivity contribution < 1.29 is 19.2 Å². The molecular formula is C20H20ClN3O5. The van der Waals surface area contributed by atoms with Gasteiger partial charge in [-0.05, 0) is 43.5 Å². The second-order valence-electron chi connectivity index (χ2n) is 6.76. The molecule has 8 nitrogen and oxygen atoms in total. The Morgan fingerprint density at radius 1 is 1.28 bits per heavy atom. The number of carbonyl (C=O) groups is 2. The Morgan fingerprint density at radius 3 is 2.66 bits per heavy atom. The minimum atomic E-state index is -1.08. The molecule has 2 aromatic rings. The molecule has 0 aliphatic heterocycles. The smallest absolute Gasteiger partial charge is 0.339 e. The monoisotopic (exact) mass is 417 g/mol. The lowest BCUT2D eigenvalue weighted by Crippen LogP contribution is -2.35. The number of esters is 1. The molecule has 1 aliphatic carbocycles. The van der Waals surface area contributed by atoms with Crippen LogP contribution >= 0.6 is 11.6 Å². The number of amides is 1. The van der Waals surface area contributed by atoms with Crippen molar-refractivity contribution in [2.45, 2.75) is 38.5 Å². The number of halogens is 1. The van der Waals surface area contributed by atoms with E-state index in [2.05, 4.69) is 10.6 Å². The highest BCUT2D eigenvalue weighted by atomic mass is 35.5. The molecule has 0 radical (unpaired) electrons. The summed E-state index contributed by atoms with van der Waals surface area (Å²) in [6, 6.07) is 11.4. The van der Waals surface area contributed by atoms with Crippen molar-refractivity contribution in [3.05, 3.63) is 68.7 Å². The van der Waals surface area contributed by atoms with Crippen LogP contribution in [0.1, 0.15) is 35.7 Å². The third kappa shape index (κ3) is 5.45. The normalized spacial score (nSPS) is 14.0. The van der Waals surface area contributed by atoms with Crippen molar-refractivity contribution in [1.82, 2.24) is 5.32 Å². The second kappa shape index (κ2) is 8.91. The first-order valence-corrected chi connectivity index (χ1v) is 9.50. The maximum Gasteiger partial charge on any atom is 0.339 e. The highest BCUT2D eigenvalue weighted by molar-refractivity contribution is 6.31. The zero-order chi connectivity index (χ0) is 21.0. The molecule has 1 fully saturated rings. The number of nitrogens with zero attached hydrogens (tertiary/aromatic N) is 1. The summed E-state index contributed by atoms with van der Waals surface area (Å²) < 4.78 is 5.16. The van der Waals surface area contributed by atoms with Crippen LogP contribution in [0, 0.1) is 10.1 Å². The molecular weight excluding hydrogens is 398 g/mol. The highest BCUT2D eigenvalue weighted by Crippen LogP contribution is 2.31. The van der Waals surface area contributed by atoms with Gasteiger partial charge in [0.1, 0.15) is 5.69 Å². The van der Waals surface area contributed by atoms with Gasteiger partial charge >= 0.3 is 5.97 Å². The van der Waals surface area contributed by atoms with E-state index in [0.29, 0.717) is 10.7 Å². The van der Waals surface area contributed by atoms with Gasteiger partial charge in [0.15, 0.2) is 6.10 Å². The maximum absolute atomic E-state index is 12.3. The Balaban J connectivity index is 1.61. The molecule has 29 heavy (non-hydrogen) atoms. The second-order valence-corrected chi connectivity index (χ2v) is 7.17. The van der Waals surface area contributed by atoms with Crippen LogP contribution < -0.4 is 10.6 Å². The molecule has 1 aliphatic rings. The van der Waals surface area contributed by atoms with Crippen LogP contribution in [-0.4, -0.2) is 28.9 Å². The van der Waals surface area contributed by atoms with E-state index in [1.807, 2.05) is 0 Å². The average molecular weight is 418 g/mol. The van der Waals surface area contributed by atoms with Crippen LogP contribution in [0.3, 0.4) is 0 Å². The average Bonchev–Trinajstić information content (AvgIpc) is 3.51. The maximum atomic E-state index is 12.3. The van der Waals surface area contributed by atoms with Crippen LogP contribution in [-0.2, 0) is 16.1 Å². The van der Waals surface area contributed by atoms with Crippen LogP contribution in [0.15, 0.2) is 42.5 Å². The lowest BCUT2D eigenvalue weighted by Gasteiger charge is -2.14. The predicted molar refractivity (Wildman–Crippen MR) is 108 cm³/mol. The zero-order valence-corrected chi connectivity index (χ0v) is 16.4. The van der Waals surface area contributed by atoms with Crippen molar-refractivity contribution in [2.24, 2.45) is 0 Å². The SMILES string of the molecule is C[C@H](OC(=O)c1ccc(NC2CC2)c([N+](=O)[O-])c1)C(=O)NCc1ccccc1Cl. The summed E-state index contributed by atoms with van der Waals surface area (Å²) in [6.07, 6.45) is 0.845. The summed E-state index contributed by atoms with van der Waals surface area (Å²) in [4.78, 5) is 35.3.